The van der Waals surface area contributed by atoms with Crippen molar-refractivity contribution in [2.45, 2.75) is 32.9 Å². The Bertz CT molecular complexity index is 1550. The lowest BCUT2D eigenvalue weighted by Crippen LogP contribution is -2.44. The van der Waals surface area contributed by atoms with Crippen molar-refractivity contribution in [1.82, 2.24) is 5.32 Å². The molecule has 3 aromatic carbocycles. The van der Waals surface area contributed by atoms with Crippen molar-refractivity contribution >= 4 is 28.7 Å². The molecule has 2 N–H and O–H groups in total. The van der Waals surface area contributed by atoms with E-state index in [4.69, 9.17) is 19.1 Å². The summed E-state index contributed by atoms with van der Waals surface area (Å²) in [6.07, 6.45) is 0.851. The maximum absolute atomic E-state index is 13.0. The van der Waals surface area contributed by atoms with Gasteiger partial charge in [0.1, 0.15) is 30.2 Å². The average molecular weight is 532 g/mol. The van der Waals surface area contributed by atoms with Crippen LogP contribution in [0.3, 0.4) is 0 Å². The van der Waals surface area contributed by atoms with E-state index in [1.165, 1.54) is 48.7 Å². The van der Waals surface area contributed by atoms with Crippen LogP contribution in [0.4, 0.5) is 10.5 Å². The van der Waals surface area contributed by atoms with Gasteiger partial charge in [0.2, 0.25) is 0 Å². The van der Waals surface area contributed by atoms with Crippen LogP contribution in [0, 0.1) is 10.8 Å². The minimum Gasteiger partial charge on any atom is -0.463 e. The largest absolute Gasteiger partial charge is 0.463 e. The van der Waals surface area contributed by atoms with E-state index < -0.39 is 18.1 Å². The van der Waals surface area contributed by atoms with Gasteiger partial charge in [0.05, 0.1) is 15.9 Å². The topological polar surface area (TPSA) is 135 Å². The van der Waals surface area contributed by atoms with Crippen molar-refractivity contribution in [2.24, 2.45) is 5.92 Å². The first-order valence-electron chi connectivity index (χ1n) is 12.2. The van der Waals surface area contributed by atoms with Gasteiger partial charge in [0.25, 0.3) is 4.92 Å². The minimum atomic E-state index is -0.953. The summed E-state index contributed by atoms with van der Waals surface area (Å²) in [5.74, 6) is -0.470. The smallest absolute Gasteiger partial charge is 0.408 e. The Morgan fingerprint density at radius 3 is 2.41 bits per heavy atom. The normalized spacial score (nSPS) is 11.7. The quantitative estimate of drug-likeness (QED) is 0.164. The maximum atomic E-state index is 13.0. The van der Waals surface area contributed by atoms with E-state index >= 15 is 0 Å². The van der Waals surface area contributed by atoms with Crippen LogP contribution in [-0.4, -0.2) is 28.2 Å². The van der Waals surface area contributed by atoms with Gasteiger partial charge >= 0.3 is 17.7 Å². The first kappa shape index (κ1) is 27.1. The molecule has 4 aromatic rings. The van der Waals surface area contributed by atoms with Gasteiger partial charge in [0.15, 0.2) is 5.43 Å². The van der Waals surface area contributed by atoms with Crippen LogP contribution in [-0.2, 0) is 16.1 Å². The summed E-state index contributed by atoms with van der Waals surface area (Å²) in [6.45, 7) is 3.88. The summed E-state index contributed by atoms with van der Waals surface area (Å²) in [5.41, 5.74) is 1.45. The molecule has 1 atom stereocenters. The molecule has 0 saturated carbocycles. The van der Waals surface area contributed by atoms with Crippen LogP contribution in [0.25, 0.3) is 22.1 Å². The molecule has 0 aliphatic rings. The first-order chi connectivity index (χ1) is 18.7. The molecule has 0 fully saturated rings. The van der Waals surface area contributed by atoms with E-state index in [0.29, 0.717) is 12.0 Å². The highest BCUT2D eigenvalue weighted by molar-refractivity contribution is 5.86. The highest BCUT2D eigenvalue weighted by Gasteiger charge is 2.25. The summed E-state index contributed by atoms with van der Waals surface area (Å²) in [4.78, 5) is 49.1. The van der Waals surface area contributed by atoms with E-state index in [0.717, 1.165) is 5.56 Å². The van der Waals surface area contributed by atoms with E-state index in [9.17, 15) is 19.3 Å². The van der Waals surface area contributed by atoms with Crippen LogP contribution in [0.1, 0.15) is 25.8 Å². The molecule has 1 unspecified atom stereocenters. The molecule has 1 aromatic heterocycles. The Labute approximate surface area is 223 Å². The lowest BCUT2D eigenvalue weighted by atomic mass is 10.0. The molecular weight excluding hydrogens is 504 g/mol. The molecule has 0 saturated heterocycles. The van der Waals surface area contributed by atoms with E-state index in [-0.39, 0.29) is 50.8 Å². The van der Waals surface area contributed by atoms with Gasteiger partial charge in [0, 0.05) is 18.2 Å². The monoisotopic (exact) mass is 531 g/mol. The van der Waals surface area contributed by atoms with Gasteiger partial charge in [-0.2, -0.15) is 0 Å². The highest BCUT2D eigenvalue weighted by atomic mass is 16.6. The number of alkyl carbamates (subject to hydrolysis) is 1. The second-order valence-corrected chi connectivity index (χ2v) is 9.27. The first-order valence-corrected chi connectivity index (χ1v) is 12.2. The number of rotatable bonds is 9. The molecule has 0 aliphatic carbocycles. The lowest BCUT2D eigenvalue weighted by molar-refractivity contribution is -0.729. The molecule has 0 radical (unpaired) electrons. The van der Waals surface area contributed by atoms with Crippen molar-refractivity contribution < 1.29 is 33.6 Å². The van der Waals surface area contributed by atoms with Gasteiger partial charge in [-0.1, -0.05) is 44.2 Å². The van der Waals surface area contributed by atoms with E-state index in [1.807, 2.05) is 44.2 Å². The van der Waals surface area contributed by atoms with Crippen molar-refractivity contribution in [3.05, 3.63) is 99.8 Å². The average Bonchev–Trinajstić information content (AvgIpc) is 2.92. The summed E-state index contributed by atoms with van der Waals surface area (Å²) in [7, 11) is 0. The fourth-order valence-electron chi connectivity index (χ4n) is 3.92. The number of hydrogen-bond acceptors (Lipinski definition) is 7. The van der Waals surface area contributed by atoms with Gasteiger partial charge in [-0.05, 0) is 47.7 Å². The molecule has 10 heteroatoms. The Morgan fingerprint density at radius 2 is 1.74 bits per heavy atom. The Balaban J connectivity index is 1.47. The fraction of sp³-hybridized carbons (Fsp3) is 0.207. The maximum Gasteiger partial charge on any atom is 0.408 e. The number of fused-ring (bicyclic) bond motifs is 1. The van der Waals surface area contributed by atoms with Crippen LogP contribution >= 0.6 is 0 Å². The van der Waals surface area contributed by atoms with E-state index in [1.54, 1.807) is 0 Å². The predicted molar refractivity (Wildman–Crippen MR) is 142 cm³/mol. The SMILES string of the molecule is CC(C)CC(NC(=O)OCc1ccccc1)C(=O)Oc1ccc2c(=O)c(-c3ccc([N+](=O)O)cc3)coc2c1. The zero-order valence-electron chi connectivity index (χ0n) is 21.3. The van der Waals surface area contributed by atoms with Crippen LogP contribution in [0.5, 0.6) is 5.75 Å². The Kier molecular flexibility index (Phi) is 8.35. The summed E-state index contributed by atoms with van der Waals surface area (Å²) in [5, 5.41) is 11.8. The summed E-state index contributed by atoms with van der Waals surface area (Å²) >= 11 is 0. The van der Waals surface area contributed by atoms with Crippen LogP contribution in [0.2, 0.25) is 0 Å². The van der Waals surface area contributed by atoms with Crippen LogP contribution in [0.15, 0.2) is 88.3 Å². The Morgan fingerprint density at radius 1 is 1.03 bits per heavy atom. The van der Waals surface area contributed by atoms with Gasteiger partial charge in [-0.15, -0.1) is 0 Å². The zero-order valence-corrected chi connectivity index (χ0v) is 21.3. The standard InChI is InChI=1S/C29H26N2O8/c1-18(2)14-25(30-29(34)38-16-19-6-4-3-5-7-19)28(33)39-22-12-13-23-26(15-22)37-17-24(27(23)32)20-8-10-21(11-9-20)31(35)36/h3-13,15,17-18,25H,14,16H2,1-2H3,(H-,30,34,35,36)/p+1. The number of benzene rings is 3. The molecule has 0 bridgehead atoms. The molecule has 1 amide bonds. The molecule has 4 rings (SSSR count). The molecule has 1 heterocycles. The Hall–Kier alpha value is -4.99. The molecule has 39 heavy (non-hydrogen) atoms. The second kappa shape index (κ2) is 12.0. The molecule has 0 aliphatic heterocycles. The third-order valence-corrected chi connectivity index (χ3v) is 5.86. The third kappa shape index (κ3) is 6.86. The molecule has 200 valence electrons. The number of esters is 1. The number of nitrogens with one attached hydrogen (secondary N) is 1. The summed E-state index contributed by atoms with van der Waals surface area (Å²) < 4.78 is 16.4. The number of carbonyl (C=O) groups is 2. The fourth-order valence-corrected chi connectivity index (χ4v) is 3.92. The number of ether oxygens (including phenoxy) is 2. The number of hydrogen-bond donors (Lipinski definition) is 2. The summed E-state index contributed by atoms with van der Waals surface area (Å²) in [6, 6.07) is 18.3. The highest BCUT2D eigenvalue weighted by Crippen LogP contribution is 2.25. The predicted octanol–water partition coefficient (Wildman–Crippen LogP) is 5.51. The second-order valence-electron chi connectivity index (χ2n) is 9.27. The van der Waals surface area contributed by atoms with Gasteiger partial charge in [-0.3, -0.25) is 4.79 Å². The number of nitrogens with zero attached hydrogens (tertiary/aromatic N) is 1. The van der Waals surface area contributed by atoms with Gasteiger partial charge < -0.3 is 19.2 Å². The number of carbonyl (C=O) groups excluding carboxylic acids is 2. The molecule has 0 spiro atoms. The van der Waals surface area contributed by atoms with Crippen LogP contribution < -0.4 is 15.5 Å². The van der Waals surface area contributed by atoms with Crippen molar-refractivity contribution in [1.29, 1.82) is 0 Å². The third-order valence-electron chi connectivity index (χ3n) is 5.86. The van der Waals surface area contributed by atoms with Gasteiger partial charge in [-0.25, -0.2) is 14.8 Å². The molecular formula is C29H27N2O8+. The van der Waals surface area contributed by atoms with Crippen molar-refractivity contribution in [3.63, 3.8) is 0 Å². The zero-order chi connectivity index (χ0) is 27.9. The lowest BCUT2D eigenvalue weighted by Gasteiger charge is -2.19. The van der Waals surface area contributed by atoms with E-state index in [2.05, 4.69) is 5.32 Å². The molecule has 10 nitrogen and oxygen atoms in total. The minimum absolute atomic E-state index is 0.0186. The number of amides is 1. The van der Waals surface area contributed by atoms with Crippen molar-refractivity contribution in [3.8, 4) is 16.9 Å². The van der Waals surface area contributed by atoms with Crippen molar-refractivity contribution in [2.75, 3.05) is 0 Å².